The van der Waals surface area contributed by atoms with Crippen molar-refractivity contribution >= 4 is 6.29 Å². The second-order valence-electron chi connectivity index (χ2n) is 5.06. The molecule has 0 bridgehead atoms. The number of ether oxygens (including phenoxy) is 1. The lowest BCUT2D eigenvalue weighted by Crippen LogP contribution is -2.09. The predicted molar refractivity (Wildman–Crippen MR) is 68.8 cm³/mol. The Labute approximate surface area is 103 Å². The summed E-state index contributed by atoms with van der Waals surface area (Å²) >= 11 is 0. The van der Waals surface area contributed by atoms with Gasteiger partial charge in [-0.3, -0.25) is 4.79 Å². The van der Waals surface area contributed by atoms with Gasteiger partial charge in [0, 0.05) is 5.56 Å². The first-order chi connectivity index (χ1) is 8.20. The third-order valence-electron chi connectivity index (χ3n) is 3.56. The zero-order valence-corrected chi connectivity index (χ0v) is 10.7. The summed E-state index contributed by atoms with van der Waals surface area (Å²) in [5.74, 6) is 1.68. The van der Waals surface area contributed by atoms with Gasteiger partial charge < -0.3 is 4.74 Å². The van der Waals surface area contributed by atoms with Crippen molar-refractivity contribution in [1.29, 1.82) is 0 Å². The number of hydrogen-bond acceptors (Lipinski definition) is 2. The van der Waals surface area contributed by atoms with Crippen molar-refractivity contribution in [2.75, 3.05) is 6.61 Å². The lowest BCUT2D eigenvalue weighted by atomic mass is 10.1. The minimum absolute atomic E-state index is 0.722. The van der Waals surface area contributed by atoms with Gasteiger partial charge in [-0.25, -0.2) is 0 Å². The van der Waals surface area contributed by atoms with Crippen molar-refractivity contribution in [3.8, 4) is 5.75 Å². The molecule has 17 heavy (non-hydrogen) atoms. The fourth-order valence-corrected chi connectivity index (χ4v) is 2.66. The fourth-order valence-electron chi connectivity index (χ4n) is 2.66. The molecule has 0 saturated heterocycles. The molecule has 1 aliphatic carbocycles. The van der Waals surface area contributed by atoms with E-state index in [4.69, 9.17) is 4.74 Å². The van der Waals surface area contributed by atoms with Crippen LogP contribution in [0.3, 0.4) is 0 Å². The molecule has 0 atom stereocenters. The number of carbonyl (C=O) groups excluding carboxylic acids is 1. The fraction of sp³-hybridized carbons (Fsp3) is 0.533. The molecule has 1 aromatic rings. The molecule has 0 spiro atoms. The van der Waals surface area contributed by atoms with E-state index in [2.05, 4.69) is 0 Å². The van der Waals surface area contributed by atoms with Crippen molar-refractivity contribution in [1.82, 2.24) is 0 Å². The van der Waals surface area contributed by atoms with Crippen LogP contribution in [0.15, 0.2) is 12.1 Å². The monoisotopic (exact) mass is 232 g/mol. The van der Waals surface area contributed by atoms with Crippen LogP contribution >= 0.6 is 0 Å². The molecule has 2 nitrogen and oxygen atoms in total. The molecule has 1 aliphatic rings. The van der Waals surface area contributed by atoms with Crippen LogP contribution in [-0.2, 0) is 0 Å². The van der Waals surface area contributed by atoms with Gasteiger partial charge in [-0.1, -0.05) is 12.8 Å². The third-order valence-corrected chi connectivity index (χ3v) is 3.56. The maximum Gasteiger partial charge on any atom is 0.150 e. The predicted octanol–water partition coefficient (Wildman–Crippen LogP) is 3.68. The lowest BCUT2D eigenvalue weighted by Gasteiger charge is -2.15. The summed E-state index contributed by atoms with van der Waals surface area (Å²) in [5.41, 5.74) is 2.85. The minimum Gasteiger partial charge on any atom is -0.493 e. The Bertz CT molecular complexity index is 380. The minimum atomic E-state index is 0.722. The topological polar surface area (TPSA) is 26.3 Å². The van der Waals surface area contributed by atoms with Crippen LogP contribution in [0.5, 0.6) is 5.75 Å². The highest BCUT2D eigenvalue weighted by Gasteiger charge is 2.16. The van der Waals surface area contributed by atoms with Gasteiger partial charge in [0.05, 0.1) is 6.61 Å². The average Bonchev–Trinajstić information content (AvgIpc) is 2.80. The van der Waals surface area contributed by atoms with E-state index in [1.54, 1.807) is 0 Å². The Balaban J connectivity index is 2.06. The molecule has 2 rings (SSSR count). The second-order valence-corrected chi connectivity index (χ2v) is 5.06. The summed E-state index contributed by atoms with van der Waals surface area (Å²) in [4.78, 5) is 10.7. The highest BCUT2D eigenvalue weighted by molar-refractivity contribution is 5.76. The van der Waals surface area contributed by atoms with Gasteiger partial charge in [0.1, 0.15) is 12.0 Å². The van der Waals surface area contributed by atoms with Crippen LogP contribution < -0.4 is 4.74 Å². The molecule has 0 amide bonds. The lowest BCUT2D eigenvalue weighted by molar-refractivity contribution is 0.112. The smallest absolute Gasteiger partial charge is 0.150 e. The van der Waals surface area contributed by atoms with Gasteiger partial charge in [-0.2, -0.15) is 0 Å². The zero-order valence-electron chi connectivity index (χ0n) is 10.7. The van der Waals surface area contributed by atoms with E-state index in [0.29, 0.717) is 0 Å². The molecule has 1 saturated carbocycles. The van der Waals surface area contributed by atoms with Crippen molar-refractivity contribution in [3.63, 3.8) is 0 Å². The SMILES string of the molecule is Cc1cc(C=O)cc(C)c1OCC1CCCC1. The normalized spacial score (nSPS) is 16.1. The zero-order chi connectivity index (χ0) is 12.3. The second kappa shape index (κ2) is 5.35. The molecule has 0 N–H and O–H groups in total. The van der Waals surface area contributed by atoms with Gasteiger partial charge in [-0.15, -0.1) is 0 Å². The summed E-state index contributed by atoms with van der Waals surface area (Å²) in [5, 5.41) is 0. The van der Waals surface area contributed by atoms with E-state index in [1.807, 2.05) is 26.0 Å². The largest absolute Gasteiger partial charge is 0.493 e. The quantitative estimate of drug-likeness (QED) is 0.740. The van der Waals surface area contributed by atoms with E-state index >= 15 is 0 Å². The molecular weight excluding hydrogens is 212 g/mol. The number of aryl methyl sites for hydroxylation is 2. The van der Waals surface area contributed by atoms with Crippen molar-refractivity contribution in [2.45, 2.75) is 39.5 Å². The first-order valence-electron chi connectivity index (χ1n) is 6.40. The van der Waals surface area contributed by atoms with Crippen LogP contribution in [-0.4, -0.2) is 12.9 Å². The highest BCUT2D eigenvalue weighted by atomic mass is 16.5. The van der Waals surface area contributed by atoms with Crippen molar-refractivity contribution in [3.05, 3.63) is 28.8 Å². The number of carbonyl (C=O) groups is 1. The molecule has 0 aliphatic heterocycles. The van der Waals surface area contributed by atoms with Crippen LogP contribution in [0.25, 0.3) is 0 Å². The molecule has 0 radical (unpaired) electrons. The number of hydrogen-bond donors (Lipinski definition) is 0. The van der Waals surface area contributed by atoms with Gasteiger partial charge >= 0.3 is 0 Å². The Kier molecular flexibility index (Phi) is 3.82. The number of rotatable bonds is 4. The summed E-state index contributed by atoms with van der Waals surface area (Å²) in [6.07, 6.45) is 6.17. The highest BCUT2D eigenvalue weighted by Crippen LogP contribution is 2.28. The van der Waals surface area contributed by atoms with E-state index in [9.17, 15) is 4.79 Å². The summed E-state index contributed by atoms with van der Waals surface area (Å²) < 4.78 is 5.94. The van der Waals surface area contributed by atoms with Gasteiger partial charge in [0.25, 0.3) is 0 Å². The first kappa shape index (κ1) is 12.2. The van der Waals surface area contributed by atoms with Gasteiger partial charge in [-0.05, 0) is 55.9 Å². The Hall–Kier alpha value is -1.31. The van der Waals surface area contributed by atoms with Crippen LogP contribution in [0.2, 0.25) is 0 Å². The summed E-state index contributed by atoms with van der Waals surface area (Å²) in [6, 6.07) is 3.79. The van der Waals surface area contributed by atoms with Gasteiger partial charge in [0.2, 0.25) is 0 Å². The summed E-state index contributed by atoms with van der Waals surface area (Å²) in [7, 11) is 0. The molecule has 0 heterocycles. The number of benzene rings is 1. The molecule has 1 fully saturated rings. The third kappa shape index (κ3) is 2.87. The molecule has 92 valence electrons. The molecule has 0 aromatic heterocycles. The van der Waals surface area contributed by atoms with Gasteiger partial charge in [0.15, 0.2) is 0 Å². The van der Waals surface area contributed by atoms with E-state index in [0.717, 1.165) is 41.3 Å². The molecule has 1 aromatic carbocycles. The summed E-state index contributed by atoms with van der Waals surface area (Å²) in [6.45, 7) is 4.83. The van der Waals surface area contributed by atoms with Crippen molar-refractivity contribution in [2.24, 2.45) is 5.92 Å². The van der Waals surface area contributed by atoms with E-state index in [-0.39, 0.29) is 0 Å². The van der Waals surface area contributed by atoms with Crippen molar-refractivity contribution < 1.29 is 9.53 Å². The molecule has 0 unspecified atom stereocenters. The van der Waals surface area contributed by atoms with E-state index in [1.165, 1.54) is 25.7 Å². The van der Waals surface area contributed by atoms with Crippen LogP contribution in [0.1, 0.15) is 47.2 Å². The molecule has 2 heteroatoms. The van der Waals surface area contributed by atoms with Crippen LogP contribution in [0, 0.1) is 19.8 Å². The maximum absolute atomic E-state index is 10.7. The Morgan fingerprint density at radius 1 is 1.24 bits per heavy atom. The Morgan fingerprint density at radius 2 is 1.82 bits per heavy atom. The van der Waals surface area contributed by atoms with E-state index < -0.39 is 0 Å². The maximum atomic E-state index is 10.7. The molecular formula is C15H20O2. The standard InChI is InChI=1S/C15H20O2/c1-11-7-14(9-16)8-12(2)15(11)17-10-13-5-3-4-6-13/h7-9,13H,3-6,10H2,1-2H3. The average molecular weight is 232 g/mol. The first-order valence-corrected chi connectivity index (χ1v) is 6.40. The Morgan fingerprint density at radius 3 is 2.35 bits per heavy atom. The number of aldehydes is 1. The van der Waals surface area contributed by atoms with Crippen LogP contribution in [0.4, 0.5) is 0 Å².